The zero-order valence-corrected chi connectivity index (χ0v) is 15.2. The molecule has 2 amide bonds. The zero-order valence-electron chi connectivity index (χ0n) is 15.2. The van der Waals surface area contributed by atoms with Crippen LogP contribution in [0.4, 0.5) is 8.78 Å². The summed E-state index contributed by atoms with van der Waals surface area (Å²) in [6.45, 7) is 2.82. The number of amides is 2. The van der Waals surface area contributed by atoms with Crippen molar-refractivity contribution in [2.45, 2.75) is 57.8 Å². The summed E-state index contributed by atoms with van der Waals surface area (Å²) < 4.78 is 26.0. The van der Waals surface area contributed by atoms with Gasteiger partial charge in [-0.25, -0.2) is 8.78 Å². The summed E-state index contributed by atoms with van der Waals surface area (Å²) in [5.74, 6) is -0.475. The maximum absolute atomic E-state index is 13.4. The van der Waals surface area contributed by atoms with Crippen LogP contribution < -0.4 is 10.6 Å². The molecule has 6 nitrogen and oxygen atoms in total. The molecule has 0 aromatic heterocycles. The maximum atomic E-state index is 13.4. The molecule has 1 aliphatic carbocycles. The van der Waals surface area contributed by atoms with Gasteiger partial charge in [0.25, 0.3) is 0 Å². The van der Waals surface area contributed by atoms with Gasteiger partial charge in [0.15, 0.2) is 0 Å². The normalized spacial score (nSPS) is 29.5. The number of hydrogen-bond acceptors (Lipinski definition) is 4. The first-order valence-corrected chi connectivity index (χ1v) is 8.92. The number of halogens is 2. The van der Waals surface area contributed by atoms with Crippen molar-refractivity contribution in [3.63, 3.8) is 0 Å². The molecule has 1 heterocycles. The van der Waals surface area contributed by atoms with Crippen LogP contribution in [0.2, 0.25) is 0 Å². The van der Waals surface area contributed by atoms with Gasteiger partial charge in [-0.15, -0.1) is 0 Å². The summed E-state index contributed by atoms with van der Waals surface area (Å²) in [6, 6.07) is 0.748. The Morgan fingerprint density at radius 2 is 2.27 bits per heavy atom. The van der Waals surface area contributed by atoms with Crippen LogP contribution in [0.25, 0.3) is 0 Å². The van der Waals surface area contributed by atoms with Gasteiger partial charge in [-0.1, -0.05) is 13.0 Å². The lowest BCUT2D eigenvalue weighted by Gasteiger charge is -2.32. The van der Waals surface area contributed by atoms with Crippen molar-refractivity contribution in [2.24, 2.45) is 5.41 Å². The molecule has 2 rings (SSSR count). The second kappa shape index (κ2) is 8.47. The molecule has 1 fully saturated rings. The minimum Gasteiger partial charge on any atom is -0.380 e. The molecule has 1 unspecified atom stereocenters. The Morgan fingerprint density at radius 3 is 2.85 bits per heavy atom. The fraction of sp³-hybridized carbons (Fsp3) is 0.722. The molecule has 0 bridgehead atoms. The highest BCUT2D eigenvalue weighted by Gasteiger charge is 2.37. The van der Waals surface area contributed by atoms with Crippen molar-refractivity contribution in [3.8, 4) is 6.07 Å². The number of rotatable bonds is 6. The van der Waals surface area contributed by atoms with Gasteiger partial charge in [0.05, 0.1) is 30.6 Å². The third-order valence-corrected chi connectivity index (χ3v) is 5.09. The van der Waals surface area contributed by atoms with Gasteiger partial charge >= 0.3 is 0 Å². The topological polar surface area (TPSA) is 85.2 Å². The van der Waals surface area contributed by atoms with Gasteiger partial charge in [0, 0.05) is 12.1 Å². The second-order valence-corrected chi connectivity index (χ2v) is 7.40. The third kappa shape index (κ3) is 4.71. The van der Waals surface area contributed by atoms with Crippen LogP contribution in [-0.2, 0) is 9.59 Å². The quantitative estimate of drug-likeness (QED) is 0.746. The van der Waals surface area contributed by atoms with E-state index in [9.17, 15) is 18.4 Å². The molecule has 4 atom stereocenters. The number of carbonyl (C=O) groups is 2. The van der Waals surface area contributed by atoms with E-state index in [0.29, 0.717) is 19.3 Å². The lowest BCUT2D eigenvalue weighted by Crippen LogP contribution is -2.45. The SMILES string of the molecule is C[C@H](CF)NC(=O)C1(C)CC=C(NCC(=O)N2C[C@@H](F)C[C@H]2C#N)CC1. The Hall–Kier alpha value is -2.17. The zero-order chi connectivity index (χ0) is 19.3. The average molecular weight is 368 g/mol. The molecule has 0 aromatic rings. The van der Waals surface area contributed by atoms with Crippen molar-refractivity contribution in [3.05, 3.63) is 11.8 Å². The summed E-state index contributed by atoms with van der Waals surface area (Å²) in [4.78, 5) is 25.8. The summed E-state index contributed by atoms with van der Waals surface area (Å²) in [5, 5.41) is 14.7. The smallest absolute Gasteiger partial charge is 0.243 e. The van der Waals surface area contributed by atoms with Crippen molar-refractivity contribution in [1.82, 2.24) is 15.5 Å². The van der Waals surface area contributed by atoms with E-state index in [0.717, 1.165) is 5.70 Å². The van der Waals surface area contributed by atoms with Crippen molar-refractivity contribution in [1.29, 1.82) is 5.26 Å². The minimum atomic E-state index is -1.15. The standard InChI is InChI=1S/C18H26F2N4O2/c1-12(8-19)23-17(26)18(2)5-3-14(4-6-18)22-10-16(25)24-11-13(20)7-15(24)9-21/h3,12-13,15,22H,4-8,10-11H2,1-2H3,(H,23,26)/t12-,13+,15+,18?/m1/s1. The minimum absolute atomic E-state index is 0.00146. The van der Waals surface area contributed by atoms with E-state index in [4.69, 9.17) is 5.26 Å². The molecule has 2 N–H and O–H groups in total. The first-order chi connectivity index (χ1) is 12.3. The number of nitrogens with one attached hydrogen (secondary N) is 2. The summed E-state index contributed by atoms with van der Waals surface area (Å²) in [5.41, 5.74) is 0.257. The Kier molecular flexibility index (Phi) is 6.57. The molecule has 1 saturated heterocycles. The van der Waals surface area contributed by atoms with Crippen molar-refractivity contribution in [2.75, 3.05) is 19.8 Å². The van der Waals surface area contributed by atoms with Gasteiger partial charge in [0.2, 0.25) is 11.8 Å². The van der Waals surface area contributed by atoms with Crippen molar-refractivity contribution >= 4 is 11.8 Å². The number of hydrogen-bond donors (Lipinski definition) is 2. The lowest BCUT2D eigenvalue weighted by atomic mass is 9.77. The van der Waals surface area contributed by atoms with Crippen molar-refractivity contribution < 1.29 is 18.4 Å². The fourth-order valence-electron chi connectivity index (χ4n) is 3.24. The van der Waals surface area contributed by atoms with Crippen LogP contribution in [0.15, 0.2) is 11.8 Å². The van der Waals surface area contributed by atoms with Crippen LogP contribution in [0.3, 0.4) is 0 Å². The second-order valence-electron chi connectivity index (χ2n) is 7.40. The third-order valence-electron chi connectivity index (χ3n) is 5.09. The predicted octanol–water partition coefficient (Wildman–Crippen LogP) is 1.59. The number of nitriles is 1. The molecular weight excluding hydrogens is 342 g/mol. The van der Waals surface area contributed by atoms with E-state index in [1.54, 1.807) is 6.92 Å². The monoisotopic (exact) mass is 368 g/mol. The first kappa shape index (κ1) is 20.1. The van der Waals surface area contributed by atoms with Gasteiger partial charge in [-0.3, -0.25) is 9.59 Å². The molecule has 26 heavy (non-hydrogen) atoms. The van der Waals surface area contributed by atoms with E-state index in [2.05, 4.69) is 10.6 Å². The van der Waals surface area contributed by atoms with Crippen LogP contribution in [-0.4, -0.2) is 54.7 Å². The first-order valence-electron chi connectivity index (χ1n) is 8.92. The number of carbonyl (C=O) groups excluding carboxylic acids is 2. The van der Waals surface area contributed by atoms with Crippen LogP contribution in [0.1, 0.15) is 39.5 Å². The van der Waals surface area contributed by atoms with Gasteiger partial charge in [0.1, 0.15) is 18.9 Å². The Labute approximate surface area is 152 Å². The Balaban J connectivity index is 1.85. The molecule has 2 aliphatic rings. The molecule has 0 spiro atoms. The molecular formula is C18H26F2N4O2. The van der Waals surface area contributed by atoms with E-state index >= 15 is 0 Å². The largest absolute Gasteiger partial charge is 0.380 e. The molecule has 0 aromatic carbocycles. The fourth-order valence-corrected chi connectivity index (χ4v) is 3.24. The highest BCUT2D eigenvalue weighted by Crippen LogP contribution is 2.34. The lowest BCUT2D eigenvalue weighted by molar-refractivity contribution is -0.132. The number of allylic oxidation sites excluding steroid dienone is 2. The molecule has 0 radical (unpaired) electrons. The molecule has 0 saturated carbocycles. The summed E-state index contributed by atoms with van der Waals surface area (Å²) >= 11 is 0. The number of likely N-dealkylation sites (tertiary alicyclic amines) is 1. The van der Waals surface area contributed by atoms with E-state index < -0.39 is 30.3 Å². The Bertz CT molecular complexity index is 619. The molecule has 8 heteroatoms. The highest BCUT2D eigenvalue weighted by molar-refractivity contribution is 5.83. The molecule has 1 aliphatic heterocycles. The summed E-state index contributed by atoms with van der Waals surface area (Å²) in [6.07, 6.45) is 2.46. The van der Waals surface area contributed by atoms with Crippen LogP contribution >= 0.6 is 0 Å². The van der Waals surface area contributed by atoms with Gasteiger partial charge in [-0.2, -0.15) is 5.26 Å². The Morgan fingerprint density at radius 1 is 1.54 bits per heavy atom. The predicted molar refractivity (Wildman–Crippen MR) is 92.3 cm³/mol. The van der Waals surface area contributed by atoms with Crippen LogP contribution in [0, 0.1) is 16.7 Å². The van der Waals surface area contributed by atoms with Gasteiger partial charge in [-0.05, 0) is 26.2 Å². The van der Waals surface area contributed by atoms with E-state index in [1.165, 1.54) is 4.90 Å². The van der Waals surface area contributed by atoms with Crippen LogP contribution in [0.5, 0.6) is 0 Å². The average Bonchev–Trinajstić information content (AvgIpc) is 3.01. The van der Waals surface area contributed by atoms with Gasteiger partial charge < -0.3 is 15.5 Å². The summed E-state index contributed by atoms with van der Waals surface area (Å²) in [7, 11) is 0. The van der Waals surface area contributed by atoms with E-state index in [-0.39, 0.29) is 31.3 Å². The molecule has 144 valence electrons. The highest BCUT2D eigenvalue weighted by atomic mass is 19.1. The maximum Gasteiger partial charge on any atom is 0.243 e. The number of alkyl halides is 2. The number of nitrogens with zero attached hydrogens (tertiary/aromatic N) is 2. The van der Waals surface area contributed by atoms with E-state index in [1.807, 2.05) is 19.1 Å².